The summed E-state index contributed by atoms with van der Waals surface area (Å²) in [7, 11) is 1.95. The third-order valence-electron chi connectivity index (χ3n) is 2.84. The lowest BCUT2D eigenvalue weighted by molar-refractivity contribution is 0.282. The molecular formula is C14H18N2O. The fourth-order valence-corrected chi connectivity index (χ4v) is 1.89. The number of nitrogens with one attached hydrogen (secondary N) is 1. The zero-order valence-electron chi connectivity index (χ0n) is 10.1. The standard InChI is InChI=1S/C14H18N2O/c1-15-9-14-3-2-8-16(14)10-12-4-6-13(11-17)7-5-12/h2-8,15,17H,9-11H2,1H3. The van der Waals surface area contributed by atoms with Crippen LogP contribution in [0.1, 0.15) is 16.8 Å². The topological polar surface area (TPSA) is 37.2 Å². The fraction of sp³-hybridized carbons (Fsp3) is 0.286. The molecule has 0 saturated carbocycles. The van der Waals surface area contributed by atoms with Gasteiger partial charge >= 0.3 is 0 Å². The summed E-state index contributed by atoms with van der Waals surface area (Å²) in [6.45, 7) is 1.85. The van der Waals surface area contributed by atoms with E-state index >= 15 is 0 Å². The van der Waals surface area contributed by atoms with Gasteiger partial charge in [0.25, 0.3) is 0 Å². The first-order chi connectivity index (χ1) is 8.33. The molecule has 1 aromatic carbocycles. The van der Waals surface area contributed by atoms with Gasteiger partial charge in [-0.25, -0.2) is 0 Å². The molecule has 3 nitrogen and oxygen atoms in total. The molecule has 0 atom stereocenters. The van der Waals surface area contributed by atoms with E-state index in [9.17, 15) is 0 Å². The van der Waals surface area contributed by atoms with Crippen LogP contribution in [0.2, 0.25) is 0 Å². The van der Waals surface area contributed by atoms with Crippen LogP contribution < -0.4 is 5.32 Å². The van der Waals surface area contributed by atoms with Crippen molar-refractivity contribution in [3.05, 3.63) is 59.4 Å². The molecule has 0 unspecified atom stereocenters. The largest absolute Gasteiger partial charge is 0.392 e. The molecule has 1 heterocycles. The Morgan fingerprint density at radius 2 is 1.82 bits per heavy atom. The van der Waals surface area contributed by atoms with Crippen molar-refractivity contribution in [1.29, 1.82) is 0 Å². The highest BCUT2D eigenvalue weighted by Crippen LogP contribution is 2.09. The molecule has 0 aliphatic rings. The minimum atomic E-state index is 0.106. The summed E-state index contributed by atoms with van der Waals surface area (Å²) >= 11 is 0. The predicted molar refractivity (Wildman–Crippen MR) is 68.7 cm³/mol. The summed E-state index contributed by atoms with van der Waals surface area (Å²) in [6, 6.07) is 12.3. The van der Waals surface area contributed by atoms with E-state index in [4.69, 9.17) is 5.11 Å². The maximum atomic E-state index is 8.99. The maximum Gasteiger partial charge on any atom is 0.0681 e. The second kappa shape index (κ2) is 5.66. The molecule has 2 N–H and O–H groups in total. The van der Waals surface area contributed by atoms with Crippen molar-refractivity contribution in [2.45, 2.75) is 19.7 Å². The number of hydrogen-bond acceptors (Lipinski definition) is 2. The Hall–Kier alpha value is -1.58. The molecule has 0 amide bonds. The van der Waals surface area contributed by atoms with Crippen LogP contribution in [0.3, 0.4) is 0 Å². The molecule has 0 bridgehead atoms. The van der Waals surface area contributed by atoms with Gasteiger partial charge in [0.1, 0.15) is 0 Å². The second-order valence-electron chi connectivity index (χ2n) is 4.13. The van der Waals surface area contributed by atoms with Crippen molar-refractivity contribution in [3.8, 4) is 0 Å². The van der Waals surface area contributed by atoms with Gasteiger partial charge < -0.3 is 15.0 Å². The Labute approximate surface area is 102 Å². The number of nitrogens with zero attached hydrogens (tertiary/aromatic N) is 1. The Bertz CT molecular complexity index is 459. The molecule has 17 heavy (non-hydrogen) atoms. The van der Waals surface area contributed by atoms with Crippen molar-refractivity contribution in [1.82, 2.24) is 9.88 Å². The van der Waals surface area contributed by atoms with E-state index in [1.165, 1.54) is 11.3 Å². The van der Waals surface area contributed by atoms with E-state index in [1.54, 1.807) is 0 Å². The first kappa shape index (κ1) is 11.9. The van der Waals surface area contributed by atoms with Gasteiger partial charge in [-0.05, 0) is 30.3 Å². The van der Waals surface area contributed by atoms with Gasteiger partial charge in [0.2, 0.25) is 0 Å². The van der Waals surface area contributed by atoms with E-state index in [2.05, 4.69) is 40.3 Å². The third-order valence-corrected chi connectivity index (χ3v) is 2.84. The Morgan fingerprint density at radius 3 is 2.47 bits per heavy atom. The average Bonchev–Trinajstić information content (AvgIpc) is 2.78. The highest BCUT2D eigenvalue weighted by Gasteiger charge is 2.00. The number of rotatable bonds is 5. The van der Waals surface area contributed by atoms with Crippen LogP contribution in [-0.2, 0) is 19.7 Å². The Kier molecular flexibility index (Phi) is 3.96. The van der Waals surface area contributed by atoms with Crippen LogP contribution in [0.4, 0.5) is 0 Å². The molecule has 0 saturated heterocycles. The summed E-state index contributed by atoms with van der Waals surface area (Å²) in [5.41, 5.74) is 3.48. The molecule has 90 valence electrons. The summed E-state index contributed by atoms with van der Waals surface area (Å²) < 4.78 is 2.23. The number of aromatic nitrogens is 1. The van der Waals surface area contributed by atoms with E-state index in [-0.39, 0.29) is 6.61 Å². The van der Waals surface area contributed by atoms with Gasteiger partial charge in [-0.1, -0.05) is 24.3 Å². The van der Waals surface area contributed by atoms with Crippen LogP contribution in [-0.4, -0.2) is 16.7 Å². The molecule has 0 aliphatic carbocycles. The number of benzene rings is 1. The second-order valence-corrected chi connectivity index (χ2v) is 4.13. The van der Waals surface area contributed by atoms with Gasteiger partial charge in [-0.15, -0.1) is 0 Å². The summed E-state index contributed by atoms with van der Waals surface area (Å²) in [5.74, 6) is 0. The summed E-state index contributed by atoms with van der Waals surface area (Å²) in [4.78, 5) is 0. The highest BCUT2D eigenvalue weighted by atomic mass is 16.3. The van der Waals surface area contributed by atoms with Crippen molar-refractivity contribution >= 4 is 0 Å². The molecule has 0 aliphatic heterocycles. The van der Waals surface area contributed by atoms with Crippen LogP contribution in [0, 0.1) is 0 Å². The quantitative estimate of drug-likeness (QED) is 0.821. The first-order valence-corrected chi connectivity index (χ1v) is 5.81. The lowest BCUT2D eigenvalue weighted by Gasteiger charge is -2.09. The fourth-order valence-electron chi connectivity index (χ4n) is 1.89. The molecule has 3 heteroatoms. The molecule has 2 rings (SSSR count). The molecule has 2 aromatic rings. The van der Waals surface area contributed by atoms with E-state index in [0.29, 0.717) is 0 Å². The SMILES string of the molecule is CNCc1cccn1Cc1ccc(CO)cc1. The smallest absolute Gasteiger partial charge is 0.0681 e. The van der Waals surface area contributed by atoms with Crippen molar-refractivity contribution in [2.24, 2.45) is 0 Å². The molecule has 1 aromatic heterocycles. The maximum absolute atomic E-state index is 8.99. The zero-order chi connectivity index (χ0) is 12.1. The first-order valence-electron chi connectivity index (χ1n) is 5.81. The number of hydrogen-bond donors (Lipinski definition) is 2. The predicted octanol–water partition coefficient (Wildman–Crippen LogP) is 1.75. The molecular weight excluding hydrogens is 212 g/mol. The van der Waals surface area contributed by atoms with Gasteiger partial charge in [0, 0.05) is 25.0 Å². The number of aliphatic hydroxyl groups is 1. The van der Waals surface area contributed by atoms with Gasteiger partial charge in [-0.2, -0.15) is 0 Å². The minimum Gasteiger partial charge on any atom is -0.392 e. The molecule has 0 radical (unpaired) electrons. The number of aliphatic hydroxyl groups excluding tert-OH is 1. The average molecular weight is 230 g/mol. The monoisotopic (exact) mass is 230 g/mol. The molecule has 0 spiro atoms. The van der Waals surface area contributed by atoms with Crippen molar-refractivity contribution in [2.75, 3.05) is 7.05 Å². The van der Waals surface area contributed by atoms with Gasteiger partial charge in [-0.3, -0.25) is 0 Å². The van der Waals surface area contributed by atoms with Crippen LogP contribution in [0.5, 0.6) is 0 Å². The van der Waals surface area contributed by atoms with E-state index in [0.717, 1.165) is 18.7 Å². The third kappa shape index (κ3) is 2.96. The van der Waals surface area contributed by atoms with Crippen molar-refractivity contribution in [3.63, 3.8) is 0 Å². The summed E-state index contributed by atoms with van der Waals surface area (Å²) in [5, 5.41) is 12.1. The molecule has 0 fully saturated rings. The van der Waals surface area contributed by atoms with Crippen LogP contribution >= 0.6 is 0 Å². The Morgan fingerprint density at radius 1 is 1.12 bits per heavy atom. The highest BCUT2D eigenvalue weighted by molar-refractivity contribution is 5.23. The lowest BCUT2D eigenvalue weighted by atomic mass is 10.1. The summed E-state index contributed by atoms with van der Waals surface area (Å²) in [6.07, 6.45) is 2.09. The van der Waals surface area contributed by atoms with Crippen LogP contribution in [0.25, 0.3) is 0 Å². The van der Waals surface area contributed by atoms with E-state index in [1.807, 2.05) is 19.2 Å². The van der Waals surface area contributed by atoms with Crippen molar-refractivity contribution < 1.29 is 5.11 Å². The normalized spacial score (nSPS) is 10.7. The minimum absolute atomic E-state index is 0.106. The van der Waals surface area contributed by atoms with Gasteiger partial charge in [0.15, 0.2) is 0 Å². The Balaban J connectivity index is 2.10. The van der Waals surface area contributed by atoms with Gasteiger partial charge in [0.05, 0.1) is 6.61 Å². The van der Waals surface area contributed by atoms with Crippen LogP contribution in [0.15, 0.2) is 42.6 Å². The van der Waals surface area contributed by atoms with E-state index < -0.39 is 0 Å². The lowest BCUT2D eigenvalue weighted by Crippen LogP contribution is -2.11. The zero-order valence-corrected chi connectivity index (χ0v) is 10.1.